The Kier molecular flexibility index (Phi) is 6.46. The summed E-state index contributed by atoms with van der Waals surface area (Å²) in [6.07, 6.45) is -4.57. The molecule has 0 saturated heterocycles. The van der Waals surface area contributed by atoms with E-state index >= 15 is 0 Å². The second-order valence-electron chi connectivity index (χ2n) is 5.43. The van der Waals surface area contributed by atoms with Crippen LogP contribution in [0.2, 0.25) is 0 Å². The van der Waals surface area contributed by atoms with Crippen molar-refractivity contribution in [3.8, 4) is 16.9 Å². The number of nitrogens with zero attached hydrogens (tertiary/aromatic N) is 2. The number of hydrogen-bond acceptors (Lipinski definition) is 2. The summed E-state index contributed by atoms with van der Waals surface area (Å²) in [7, 11) is 0. The van der Waals surface area contributed by atoms with Crippen LogP contribution in [-0.4, -0.2) is 18.5 Å². The van der Waals surface area contributed by atoms with E-state index in [1.807, 2.05) is 6.92 Å². The van der Waals surface area contributed by atoms with Gasteiger partial charge in [-0.1, -0.05) is 29.8 Å². The number of aryl methyl sites for hydroxylation is 1. The second-order valence-corrected chi connectivity index (χ2v) is 6.40. The minimum atomic E-state index is -4.57. The average molecular weight is 390 g/mol. The van der Waals surface area contributed by atoms with Gasteiger partial charge in [0.25, 0.3) is 0 Å². The Balaban J connectivity index is 0.00000182. The summed E-state index contributed by atoms with van der Waals surface area (Å²) in [5, 5.41) is 3.70. The summed E-state index contributed by atoms with van der Waals surface area (Å²) >= 11 is -2.15. The smallest absolute Gasteiger partial charge is 1.00 e. The van der Waals surface area contributed by atoms with Gasteiger partial charge in [0.1, 0.15) is 0 Å². The van der Waals surface area contributed by atoms with Crippen LogP contribution in [0.3, 0.4) is 0 Å². The number of rotatable bonds is 3. The van der Waals surface area contributed by atoms with Crippen LogP contribution >= 0.6 is 0 Å². The quantitative estimate of drug-likeness (QED) is 0.546. The third-order valence-electron chi connectivity index (χ3n) is 3.63. The van der Waals surface area contributed by atoms with Crippen LogP contribution in [0.25, 0.3) is 16.9 Å². The third-order valence-corrected chi connectivity index (χ3v) is 4.31. The molecule has 0 amide bonds. The van der Waals surface area contributed by atoms with Gasteiger partial charge >= 0.3 is 35.7 Å². The predicted octanol–water partition coefficient (Wildman–Crippen LogP) is 1.56. The monoisotopic (exact) mass is 390 g/mol. The molecule has 0 aliphatic rings. The molecule has 0 fully saturated rings. The fraction of sp³-hybridized carbons (Fsp3) is 0.118. The van der Waals surface area contributed by atoms with Gasteiger partial charge in [0.15, 0.2) is 16.8 Å². The van der Waals surface area contributed by atoms with E-state index in [0.29, 0.717) is 11.3 Å². The maximum atomic E-state index is 13.1. The van der Waals surface area contributed by atoms with Crippen LogP contribution < -0.4 is 29.6 Å². The standard InChI is InChI=1S/C17H13F3N2O2S.Na.H/c1-11-2-6-13(7-3-11)22-15(10-16(21-22)17(18,19)20)12-4-8-14(9-5-12)25(23)24;;/h2-10H,1H3,(H,23,24);;/q;+1;-1. The molecule has 9 heteroatoms. The molecule has 26 heavy (non-hydrogen) atoms. The molecule has 0 radical (unpaired) electrons. The first kappa shape index (κ1) is 20.9. The van der Waals surface area contributed by atoms with E-state index in [-0.39, 0.29) is 41.6 Å². The van der Waals surface area contributed by atoms with Gasteiger partial charge in [-0.25, -0.2) is 8.89 Å². The maximum Gasteiger partial charge on any atom is 1.00 e. The van der Waals surface area contributed by atoms with Crippen LogP contribution in [-0.2, 0) is 17.3 Å². The van der Waals surface area contributed by atoms with Gasteiger partial charge in [0, 0.05) is 5.56 Å². The van der Waals surface area contributed by atoms with Crippen molar-refractivity contribution in [1.29, 1.82) is 0 Å². The Morgan fingerprint density at radius 2 is 1.65 bits per heavy atom. The Bertz CT molecular complexity index is 929. The van der Waals surface area contributed by atoms with Crippen molar-refractivity contribution in [2.75, 3.05) is 0 Å². The van der Waals surface area contributed by atoms with Gasteiger partial charge in [-0.05, 0) is 37.3 Å². The minimum Gasteiger partial charge on any atom is -1.00 e. The molecule has 0 bridgehead atoms. The second kappa shape index (κ2) is 8.06. The first-order valence-electron chi connectivity index (χ1n) is 7.21. The molecule has 2 aromatic carbocycles. The normalized spacial score (nSPS) is 12.5. The molecule has 4 nitrogen and oxygen atoms in total. The average Bonchev–Trinajstić information content (AvgIpc) is 3.01. The summed E-state index contributed by atoms with van der Waals surface area (Å²) in [6, 6.07) is 13.7. The van der Waals surface area contributed by atoms with Crippen molar-refractivity contribution >= 4 is 11.1 Å². The third kappa shape index (κ3) is 4.44. The molecule has 0 saturated carbocycles. The summed E-state index contributed by atoms with van der Waals surface area (Å²) < 4.78 is 60.6. The number of benzene rings is 2. The van der Waals surface area contributed by atoms with E-state index in [9.17, 15) is 17.4 Å². The molecule has 1 heterocycles. The molecule has 3 aromatic rings. The number of halogens is 3. The summed E-state index contributed by atoms with van der Waals surface area (Å²) in [5.41, 5.74) is 1.16. The molecule has 3 rings (SSSR count). The zero-order valence-electron chi connectivity index (χ0n) is 15.0. The minimum absolute atomic E-state index is 0. The molecule has 1 aromatic heterocycles. The van der Waals surface area contributed by atoms with Crippen molar-refractivity contribution in [2.24, 2.45) is 0 Å². The Hall–Kier alpha value is -1.45. The Morgan fingerprint density at radius 3 is 2.15 bits per heavy atom. The van der Waals surface area contributed by atoms with Gasteiger partial charge in [0.2, 0.25) is 0 Å². The largest absolute Gasteiger partial charge is 1.00 e. The van der Waals surface area contributed by atoms with Crippen molar-refractivity contribution in [2.45, 2.75) is 18.0 Å². The van der Waals surface area contributed by atoms with Crippen molar-refractivity contribution in [1.82, 2.24) is 9.78 Å². The summed E-state index contributed by atoms with van der Waals surface area (Å²) in [6.45, 7) is 1.88. The first-order chi connectivity index (χ1) is 11.8. The van der Waals surface area contributed by atoms with Crippen molar-refractivity contribution in [3.05, 3.63) is 65.9 Å². The molecule has 1 N–H and O–H groups in total. The first-order valence-corrected chi connectivity index (χ1v) is 8.32. The van der Waals surface area contributed by atoms with Crippen LogP contribution in [0.15, 0.2) is 59.5 Å². The predicted molar refractivity (Wildman–Crippen MR) is 88.9 cm³/mol. The Morgan fingerprint density at radius 1 is 1.08 bits per heavy atom. The summed E-state index contributed by atoms with van der Waals surface area (Å²) in [4.78, 5) is 0.168. The fourth-order valence-electron chi connectivity index (χ4n) is 2.35. The number of alkyl halides is 3. The number of hydrogen-bond donors (Lipinski definition) is 1. The van der Waals surface area contributed by atoms with E-state index in [2.05, 4.69) is 5.10 Å². The van der Waals surface area contributed by atoms with Gasteiger partial charge in [0.05, 0.1) is 16.3 Å². The molecule has 1 atom stereocenters. The van der Waals surface area contributed by atoms with E-state index in [1.54, 1.807) is 24.3 Å². The van der Waals surface area contributed by atoms with Gasteiger partial charge in [-0.3, -0.25) is 0 Å². The van der Waals surface area contributed by atoms with Crippen LogP contribution in [0, 0.1) is 6.92 Å². The van der Waals surface area contributed by atoms with E-state index in [0.717, 1.165) is 11.6 Å². The van der Waals surface area contributed by atoms with Gasteiger partial charge < -0.3 is 5.98 Å². The molecular weight excluding hydrogens is 376 g/mol. The van der Waals surface area contributed by atoms with Crippen molar-refractivity contribution in [3.63, 3.8) is 0 Å². The molecule has 132 valence electrons. The van der Waals surface area contributed by atoms with Gasteiger partial charge in [-0.2, -0.15) is 18.3 Å². The fourth-order valence-corrected chi connectivity index (χ4v) is 2.72. The molecule has 1 unspecified atom stereocenters. The maximum absolute atomic E-state index is 13.1. The van der Waals surface area contributed by atoms with Gasteiger partial charge in [-0.15, -0.1) is 0 Å². The number of aromatic nitrogens is 2. The molecular formula is C17H14F3N2NaO2S. The van der Waals surface area contributed by atoms with E-state index in [4.69, 9.17) is 4.55 Å². The zero-order chi connectivity index (χ0) is 18.2. The Labute approximate surface area is 174 Å². The molecule has 0 spiro atoms. The van der Waals surface area contributed by atoms with Crippen molar-refractivity contribution < 1.29 is 52.9 Å². The van der Waals surface area contributed by atoms with E-state index in [1.165, 1.54) is 28.9 Å². The summed E-state index contributed by atoms with van der Waals surface area (Å²) in [5.74, 6) is 0. The van der Waals surface area contributed by atoms with Crippen LogP contribution in [0.5, 0.6) is 0 Å². The van der Waals surface area contributed by atoms with Crippen LogP contribution in [0.4, 0.5) is 13.2 Å². The topological polar surface area (TPSA) is 55.1 Å². The molecule has 0 aliphatic carbocycles. The van der Waals surface area contributed by atoms with Crippen LogP contribution in [0.1, 0.15) is 12.7 Å². The SMILES string of the molecule is Cc1ccc(-n2nc(C(F)(F)F)cc2-c2ccc(S(=O)O)cc2)cc1.[H-].[Na+]. The zero-order valence-corrected chi connectivity index (χ0v) is 16.8. The van der Waals surface area contributed by atoms with E-state index < -0.39 is 23.0 Å². The molecule has 0 aliphatic heterocycles.